The van der Waals surface area contributed by atoms with E-state index in [9.17, 15) is 22.4 Å². The monoisotopic (exact) mass is 462 g/mol. The Morgan fingerprint density at radius 1 is 1.06 bits per heavy atom. The van der Waals surface area contributed by atoms with E-state index in [1.807, 2.05) is 4.90 Å². The van der Waals surface area contributed by atoms with Crippen LogP contribution >= 0.6 is 0 Å². The highest BCUT2D eigenvalue weighted by Crippen LogP contribution is 2.32. The number of halogens is 4. The highest BCUT2D eigenvalue weighted by molar-refractivity contribution is 5.91. The van der Waals surface area contributed by atoms with Crippen molar-refractivity contribution in [3.8, 4) is 0 Å². The van der Waals surface area contributed by atoms with E-state index >= 15 is 0 Å². The van der Waals surface area contributed by atoms with Crippen molar-refractivity contribution in [3.05, 3.63) is 83.3 Å². The number of amides is 1. The fourth-order valence-corrected chi connectivity index (χ4v) is 3.63. The van der Waals surface area contributed by atoms with Crippen LogP contribution in [0.4, 0.5) is 23.2 Å². The Balaban J connectivity index is 1.28. The Kier molecular flexibility index (Phi) is 6.64. The second-order valence-corrected chi connectivity index (χ2v) is 7.71. The summed E-state index contributed by atoms with van der Waals surface area (Å²) in [6, 6.07) is 11.5. The third-order valence-electron chi connectivity index (χ3n) is 5.45. The summed E-state index contributed by atoms with van der Waals surface area (Å²) in [6.45, 7) is 2.72. The number of oxazole rings is 1. The van der Waals surface area contributed by atoms with E-state index in [-0.39, 0.29) is 12.2 Å². The molecule has 0 saturated carbocycles. The Morgan fingerprint density at radius 2 is 1.82 bits per heavy atom. The Hall–Kier alpha value is -3.40. The topological polar surface area (TPSA) is 61.6 Å². The summed E-state index contributed by atoms with van der Waals surface area (Å²) in [5.41, 5.74) is 0.342. The quantitative estimate of drug-likeness (QED) is 0.560. The van der Waals surface area contributed by atoms with Crippen LogP contribution < -0.4 is 10.2 Å². The van der Waals surface area contributed by atoms with E-state index < -0.39 is 23.5 Å². The van der Waals surface area contributed by atoms with Gasteiger partial charge in [-0.25, -0.2) is 9.37 Å². The summed E-state index contributed by atoms with van der Waals surface area (Å²) >= 11 is 0. The van der Waals surface area contributed by atoms with Crippen LogP contribution in [0.25, 0.3) is 0 Å². The van der Waals surface area contributed by atoms with Gasteiger partial charge in [0.25, 0.3) is 5.91 Å². The van der Waals surface area contributed by atoms with Crippen LogP contribution in [0.3, 0.4) is 0 Å². The molecule has 6 nitrogen and oxygen atoms in total. The predicted molar refractivity (Wildman–Crippen MR) is 113 cm³/mol. The summed E-state index contributed by atoms with van der Waals surface area (Å²) in [7, 11) is 0. The molecule has 0 radical (unpaired) electrons. The van der Waals surface area contributed by atoms with Gasteiger partial charge in [-0.05, 0) is 24.3 Å². The molecular weight excluding hydrogens is 440 g/mol. The van der Waals surface area contributed by atoms with Gasteiger partial charge in [0.1, 0.15) is 12.1 Å². The molecule has 1 aliphatic heterocycles. The molecule has 0 bridgehead atoms. The fraction of sp³-hybridized carbons (Fsp3) is 0.304. The SMILES string of the molecule is O=C(NCc1ccccc1F)c1coc(CN2CCN(c3cccc(C(F)(F)F)c3)CC2)n1. The zero-order valence-corrected chi connectivity index (χ0v) is 17.6. The molecular formula is C23H22F4N4O2. The van der Waals surface area contributed by atoms with Gasteiger partial charge in [0.05, 0.1) is 12.1 Å². The first-order valence-corrected chi connectivity index (χ1v) is 10.4. The summed E-state index contributed by atoms with van der Waals surface area (Å²) in [5, 5.41) is 2.61. The zero-order valence-electron chi connectivity index (χ0n) is 17.6. The van der Waals surface area contributed by atoms with Crippen molar-refractivity contribution in [3.63, 3.8) is 0 Å². The van der Waals surface area contributed by atoms with Crippen molar-refractivity contribution >= 4 is 11.6 Å². The molecule has 0 aliphatic carbocycles. The van der Waals surface area contributed by atoms with E-state index in [2.05, 4.69) is 15.2 Å². The molecule has 1 saturated heterocycles. The average molecular weight is 462 g/mol. The van der Waals surface area contributed by atoms with Gasteiger partial charge in [-0.3, -0.25) is 9.69 Å². The smallest absolute Gasteiger partial charge is 0.416 e. The number of carbonyl (C=O) groups is 1. The van der Waals surface area contributed by atoms with E-state index in [0.29, 0.717) is 49.9 Å². The number of hydrogen-bond acceptors (Lipinski definition) is 5. The summed E-state index contributed by atoms with van der Waals surface area (Å²) in [5.74, 6) is -0.510. The van der Waals surface area contributed by atoms with Gasteiger partial charge in [-0.15, -0.1) is 0 Å². The van der Waals surface area contributed by atoms with Gasteiger partial charge in [0, 0.05) is 44.0 Å². The van der Waals surface area contributed by atoms with E-state index in [1.54, 1.807) is 24.3 Å². The second kappa shape index (κ2) is 9.62. The molecule has 3 aromatic rings. The van der Waals surface area contributed by atoms with Crippen LogP contribution in [0.5, 0.6) is 0 Å². The maximum Gasteiger partial charge on any atom is 0.416 e. The van der Waals surface area contributed by atoms with Crippen molar-refractivity contribution in [1.82, 2.24) is 15.2 Å². The Labute approximate surface area is 187 Å². The number of rotatable bonds is 6. The number of piperazine rings is 1. The molecule has 33 heavy (non-hydrogen) atoms. The van der Waals surface area contributed by atoms with Crippen molar-refractivity contribution in [2.24, 2.45) is 0 Å². The molecule has 0 spiro atoms. The molecule has 1 N–H and O–H groups in total. The van der Waals surface area contributed by atoms with E-state index in [4.69, 9.17) is 4.42 Å². The lowest BCUT2D eigenvalue weighted by Crippen LogP contribution is -2.46. The van der Waals surface area contributed by atoms with Gasteiger partial charge in [0.2, 0.25) is 5.89 Å². The van der Waals surface area contributed by atoms with Gasteiger partial charge in [0.15, 0.2) is 5.69 Å². The molecule has 1 amide bonds. The molecule has 2 heterocycles. The Morgan fingerprint density at radius 3 is 2.55 bits per heavy atom. The molecule has 2 aromatic carbocycles. The maximum atomic E-state index is 13.7. The van der Waals surface area contributed by atoms with Crippen LogP contribution in [0.2, 0.25) is 0 Å². The maximum absolute atomic E-state index is 13.7. The lowest BCUT2D eigenvalue weighted by atomic mass is 10.1. The van der Waals surface area contributed by atoms with Crippen LogP contribution in [0.15, 0.2) is 59.2 Å². The molecule has 1 aromatic heterocycles. The van der Waals surface area contributed by atoms with Crippen LogP contribution in [-0.2, 0) is 19.3 Å². The molecule has 0 unspecified atom stereocenters. The van der Waals surface area contributed by atoms with Gasteiger partial charge in [-0.2, -0.15) is 13.2 Å². The largest absolute Gasteiger partial charge is 0.447 e. The number of carbonyl (C=O) groups excluding carboxylic acids is 1. The van der Waals surface area contributed by atoms with E-state index in [0.717, 1.165) is 12.1 Å². The van der Waals surface area contributed by atoms with Gasteiger partial charge in [-0.1, -0.05) is 24.3 Å². The van der Waals surface area contributed by atoms with Gasteiger partial charge >= 0.3 is 6.18 Å². The van der Waals surface area contributed by atoms with E-state index in [1.165, 1.54) is 18.4 Å². The molecule has 0 atom stereocenters. The number of aromatic nitrogens is 1. The minimum absolute atomic E-state index is 0.0329. The number of anilines is 1. The van der Waals surface area contributed by atoms with Crippen molar-refractivity contribution < 1.29 is 26.8 Å². The first kappa shape index (κ1) is 22.8. The lowest BCUT2D eigenvalue weighted by Gasteiger charge is -2.35. The third-order valence-corrected chi connectivity index (χ3v) is 5.45. The van der Waals surface area contributed by atoms with Crippen LogP contribution in [-0.4, -0.2) is 42.0 Å². The summed E-state index contributed by atoms with van der Waals surface area (Å²) < 4.78 is 58.0. The number of hydrogen-bond donors (Lipinski definition) is 1. The van der Waals surface area contributed by atoms with Crippen molar-refractivity contribution in [2.75, 3.05) is 31.1 Å². The number of alkyl halides is 3. The highest BCUT2D eigenvalue weighted by atomic mass is 19.4. The second-order valence-electron chi connectivity index (χ2n) is 7.71. The number of nitrogens with one attached hydrogen (secondary N) is 1. The van der Waals surface area contributed by atoms with Gasteiger partial charge < -0.3 is 14.6 Å². The zero-order chi connectivity index (χ0) is 23.4. The number of benzene rings is 2. The third kappa shape index (κ3) is 5.70. The van der Waals surface area contributed by atoms with Crippen LogP contribution in [0, 0.1) is 5.82 Å². The lowest BCUT2D eigenvalue weighted by molar-refractivity contribution is -0.137. The molecule has 1 aliphatic rings. The first-order chi connectivity index (χ1) is 15.8. The Bertz CT molecular complexity index is 1110. The summed E-state index contributed by atoms with van der Waals surface area (Å²) in [4.78, 5) is 20.4. The number of nitrogens with zero attached hydrogens (tertiary/aromatic N) is 3. The predicted octanol–water partition coefficient (Wildman–Crippen LogP) is 4.08. The standard InChI is InChI=1S/C23H22F4N4O2/c24-19-7-2-1-4-16(19)13-28-22(32)20-15-33-21(29-20)14-30-8-10-31(11-9-30)18-6-3-5-17(12-18)23(25,26)27/h1-7,12,15H,8-11,13-14H2,(H,28,32). The molecule has 4 rings (SSSR count). The average Bonchev–Trinajstić information content (AvgIpc) is 3.27. The van der Waals surface area contributed by atoms with Crippen molar-refractivity contribution in [2.45, 2.75) is 19.3 Å². The normalized spacial score (nSPS) is 15.0. The van der Waals surface area contributed by atoms with Crippen molar-refractivity contribution in [1.29, 1.82) is 0 Å². The minimum Gasteiger partial charge on any atom is -0.447 e. The molecule has 174 valence electrons. The minimum atomic E-state index is -4.37. The summed E-state index contributed by atoms with van der Waals surface area (Å²) in [6.07, 6.45) is -3.12. The highest BCUT2D eigenvalue weighted by Gasteiger charge is 2.31. The molecule has 1 fully saturated rings. The molecule has 10 heteroatoms. The fourth-order valence-electron chi connectivity index (χ4n) is 3.63. The first-order valence-electron chi connectivity index (χ1n) is 10.4. The van der Waals surface area contributed by atoms with Crippen LogP contribution in [0.1, 0.15) is 27.5 Å².